The molecule has 0 heterocycles. The third-order valence-corrected chi connectivity index (χ3v) is 5.07. The molecule has 0 saturated heterocycles. The molecule has 2 N–H and O–H groups in total. The highest BCUT2D eigenvalue weighted by Crippen LogP contribution is 2.38. The predicted octanol–water partition coefficient (Wildman–Crippen LogP) is 3.60. The highest BCUT2D eigenvalue weighted by molar-refractivity contribution is 6.35. The van der Waals surface area contributed by atoms with Gasteiger partial charge in [0.25, 0.3) is 0 Å². The van der Waals surface area contributed by atoms with E-state index in [1.165, 1.54) is 0 Å². The van der Waals surface area contributed by atoms with Crippen LogP contribution in [-0.4, -0.2) is 18.4 Å². The monoisotopic (exact) mass is 390 g/mol. The highest BCUT2D eigenvalue weighted by atomic mass is 35.5. The summed E-state index contributed by atoms with van der Waals surface area (Å²) in [6, 6.07) is 15.0. The molecule has 2 unspecified atom stereocenters. The van der Waals surface area contributed by atoms with Gasteiger partial charge in [-0.05, 0) is 36.1 Å². The maximum atomic E-state index is 12.2. The number of carbonyl (C=O) groups excluding carboxylic acids is 2. The Kier molecular flexibility index (Phi) is 6.17. The molecule has 4 nitrogen and oxygen atoms in total. The lowest BCUT2D eigenvalue weighted by Gasteiger charge is -2.08. The summed E-state index contributed by atoms with van der Waals surface area (Å²) in [5.41, 5.74) is 1.98. The molecule has 1 fully saturated rings. The number of hydrogen-bond donors (Lipinski definition) is 2. The number of carbonyl (C=O) groups is 2. The van der Waals surface area contributed by atoms with Gasteiger partial charge in [-0.25, -0.2) is 0 Å². The molecule has 0 aliphatic heterocycles. The maximum absolute atomic E-state index is 12.2. The van der Waals surface area contributed by atoms with Crippen LogP contribution in [0.3, 0.4) is 0 Å². The first kappa shape index (κ1) is 18.7. The van der Waals surface area contributed by atoms with Crippen LogP contribution in [-0.2, 0) is 22.6 Å². The molecular formula is C20H20Cl2N2O2. The fourth-order valence-electron chi connectivity index (χ4n) is 2.87. The average Bonchev–Trinajstić information content (AvgIpc) is 3.43. The molecule has 2 aromatic rings. The molecule has 1 aliphatic rings. The lowest BCUT2D eigenvalue weighted by molar-refractivity contribution is -0.127. The Morgan fingerprint density at radius 3 is 2.35 bits per heavy atom. The largest absolute Gasteiger partial charge is 0.356 e. The number of halogens is 2. The Balaban J connectivity index is 1.39. The van der Waals surface area contributed by atoms with E-state index in [-0.39, 0.29) is 23.7 Å². The third-order valence-electron chi connectivity index (χ3n) is 4.48. The fourth-order valence-corrected chi connectivity index (χ4v) is 3.37. The molecular weight excluding hydrogens is 371 g/mol. The van der Waals surface area contributed by atoms with Gasteiger partial charge in [0.1, 0.15) is 0 Å². The van der Waals surface area contributed by atoms with Crippen LogP contribution in [0.4, 0.5) is 0 Å². The van der Waals surface area contributed by atoms with E-state index in [0.29, 0.717) is 36.0 Å². The summed E-state index contributed by atoms with van der Waals surface area (Å²) < 4.78 is 0. The zero-order chi connectivity index (χ0) is 18.5. The van der Waals surface area contributed by atoms with Crippen LogP contribution in [0, 0.1) is 11.8 Å². The van der Waals surface area contributed by atoms with E-state index in [9.17, 15) is 9.59 Å². The van der Waals surface area contributed by atoms with E-state index in [2.05, 4.69) is 10.6 Å². The van der Waals surface area contributed by atoms with Gasteiger partial charge in [0.15, 0.2) is 0 Å². The first-order valence-electron chi connectivity index (χ1n) is 8.58. The van der Waals surface area contributed by atoms with Crippen molar-refractivity contribution < 1.29 is 9.59 Å². The predicted molar refractivity (Wildman–Crippen MR) is 103 cm³/mol. The number of rotatable bonds is 7. The van der Waals surface area contributed by atoms with Crippen LogP contribution < -0.4 is 10.6 Å². The molecule has 2 atom stereocenters. The average molecular weight is 391 g/mol. The van der Waals surface area contributed by atoms with Crippen molar-refractivity contribution in [3.05, 3.63) is 69.7 Å². The molecule has 26 heavy (non-hydrogen) atoms. The van der Waals surface area contributed by atoms with Gasteiger partial charge in [0, 0.05) is 23.1 Å². The second kappa shape index (κ2) is 8.56. The molecule has 2 amide bonds. The Labute approximate surface area is 162 Å². The minimum Gasteiger partial charge on any atom is -0.356 e. The zero-order valence-electron chi connectivity index (χ0n) is 14.2. The van der Waals surface area contributed by atoms with Gasteiger partial charge in [-0.3, -0.25) is 9.59 Å². The topological polar surface area (TPSA) is 58.2 Å². The third kappa shape index (κ3) is 4.99. The maximum Gasteiger partial charge on any atom is 0.224 e. The van der Waals surface area contributed by atoms with E-state index in [4.69, 9.17) is 23.2 Å². The van der Waals surface area contributed by atoms with Crippen molar-refractivity contribution in [3.63, 3.8) is 0 Å². The lowest BCUT2D eigenvalue weighted by Crippen LogP contribution is -2.31. The van der Waals surface area contributed by atoms with Crippen LogP contribution in [0.5, 0.6) is 0 Å². The summed E-state index contributed by atoms with van der Waals surface area (Å²) in [5, 5.41) is 6.96. The minimum absolute atomic E-state index is 0.0604. The standard InChI is InChI=1S/C20H20Cl2N2O2/c21-15-7-6-14(18(22)10-15)8-9-23-19(25)16-11-17(16)20(26)24-12-13-4-2-1-3-5-13/h1-7,10,16-17H,8-9,11-12H2,(H,23,25)(H,24,26). The van der Waals surface area contributed by atoms with Crippen molar-refractivity contribution in [2.24, 2.45) is 11.8 Å². The van der Waals surface area contributed by atoms with Crippen LogP contribution >= 0.6 is 23.2 Å². The Morgan fingerprint density at radius 2 is 1.65 bits per heavy atom. The summed E-state index contributed by atoms with van der Waals surface area (Å²) in [5.74, 6) is -0.589. The summed E-state index contributed by atoms with van der Waals surface area (Å²) >= 11 is 12.0. The number of nitrogens with one attached hydrogen (secondary N) is 2. The lowest BCUT2D eigenvalue weighted by atomic mass is 10.1. The van der Waals surface area contributed by atoms with Crippen molar-refractivity contribution >= 4 is 35.0 Å². The number of benzene rings is 2. The van der Waals surface area contributed by atoms with Crippen LogP contribution in [0.25, 0.3) is 0 Å². The molecule has 2 aromatic carbocycles. The second-order valence-corrected chi connectivity index (χ2v) is 7.27. The first-order chi connectivity index (χ1) is 12.5. The molecule has 0 bridgehead atoms. The summed E-state index contributed by atoms with van der Waals surface area (Å²) in [6.45, 7) is 0.967. The molecule has 1 aliphatic carbocycles. The Morgan fingerprint density at radius 1 is 0.962 bits per heavy atom. The van der Waals surface area contributed by atoms with Crippen molar-refractivity contribution in [1.29, 1.82) is 0 Å². The molecule has 3 rings (SSSR count). The van der Waals surface area contributed by atoms with E-state index < -0.39 is 0 Å². The van der Waals surface area contributed by atoms with Gasteiger partial charge in [-0.15, -0.1) is 0 Å². The molecule has 1 saturated carbocycles. The second-order valence-electron chi connectivity index (χ2n) is 6.43. The van der Waals surface area contributed by atoms with Gasteiger partial charge in [0.2, 0.25) is 11.8 Å². The highest BCUT2D eigenvalue weighted by Gasteiger charge is 2.47. The smallest absolute Gasteiger partial charge is 0.224 e. The quantitative estimate of drug-likeness (QED) is 0.758. The van der Waals surface area contributed by atoms with E-state index in [0.717, 1.165) is 11.1 Å². The van der Waals surface area contributed by atoms with Crippen molar-refractivity contribution in [1.82, 2.24) is 10.6 Å². The van der Waals surface area contributed by atoms with Gasteiger partial charge in [0.05, 0.1) is 11.8 Å². The van der Waals surface area contributed by atoms with Crippen molar-refractivity contribution in [3.8, 4) is 0 Å². The van der Waals surface area contributed by atoms with Crippen LogP contribution in [0.2, 0.25) is 10.0 Å². The van der Waals surface area contributed by atoms with Gasteiger partial charge in [-0.1, -0.05) is 59.6 Å². The zero-order valence-corrected chi connectivity index (χ0v) is 15.7. The molecule has 0 radical (unpaired) electrons. The van der Waals surface area contributed by atoms with Gasteiger partial charge >= 0.3 is 0 Å². The first-order valence-corrected chi connectivity index (χ1v) is 9.33. The number of amides is 2. The van der Waals surface area contributed by atoms with Crippen molar-refractivity contribution in [2.45, 2.75) is 19.4 Å². The summed E-state index contributed by atoms with van der Waals surface area (Å²) in [7, 11) is 0. The SMILES string of the molecule is O=C(NCCc1ccc(Cl)cc1Cl)C1CC1C(=O)NCc1ccccc1. The van der Waals surface area contributed by atoms with Crippen LogP contribution in [0.1, 0.15) is 17.5 Å². The normalized spacial score (nSPS) is 18.2. The molecule has 6 heteroatoms. The molecule has 0 spiro atoms. The summed E-state index contributed by atoms with van der Waals surface area (Å²) in [6.07, 6.45) is 1.23. The van der Waals surface area contributed by atoms with E-state index in [1.807, 2.05) is 36.4 Å². The van der Waals surface area contributed by atoms with Gasteiger partial charge < -0.3 is 10.6 Å². The molecule has 0 aromatic heterocycles. The minimum atomic E-state index is -0.230. The van der Waals surface area contributed by atoms with Gasteiger partial charge in [-0.2, -0.15) is 0 Å². The van der Waals surface area contributed by atoms with Crippen LogP contribution in [0.15, 0.2) is 48.5 Å². The fraction of sp³-hybridized carbons (Fsp3) is 0.300. The summed E-state index contributed by atoms with van der Waals surface area (Å²) in [4.78, 5) is 24.3. The van der Waals surface area contributed by atoms with E-state index in [1.54, 1.807) is 12.1 Å². The Hall–Kier alpha value is -2.04. The molecule has 136 valence electrons. The Bertz CT molecular complexity index is 796. The van der Waals surface area contributed by atoms with E-state index >= 15 is 0 Å². The number of hydrogen-bond acceptors (Lipinski definition) is 2. The van der Waals surface area contributed by atoms with Crippen molar-refractivity contribution in [2.75, 3.05) is 6.54 Å².